The van der Waals surface area contributed by atoms with Gasteiger partial charge < -0.3 is 24.8 Å². The molecule has 0 aliphatic carbocycles. The minimum atomic E-state index is -0.977. The van der Waals surface area contributed by atoms with E-state index in [1.165, 1.54) is 4.90 Å². The van der Waals surface area contributed by atoms with Crippen LogP contribution in [0, 0.1) is 5.41 Å². The second kappa shape index (κ2) is 7.74. The molecule has 1 aromatic carbocycles. The highest BCUT2D eigenvalue weighted by Crippen LogP contribution is 2.32. The van der Waals surface area contributed by atoms with Crippen LogP contribution in [0.5, 0.6) is 5.75 Å². The maximum absolute atomic E-state index is 12.2. The van der Waals surface area contributed by atoms with Crippen LogP contribution in [0.3, 0.4) is 0 Å². The average molecular weight is 362 g/mol. The van der Waals surface area contributed by atoms with E-state index in [1.807, 2.05) is 6.07 Å². The average Bonchev–Trinajstić information content (AvgIpc) is 2.66. The maximum atomic E-state index is 12.2. The van der Waals surface area contributed by atoms with Crippen molar-refractivity contribution in [3.63, 3.8) is 0 Å². The lowest BCUT2D eigenvalue weighted by Crippen LogP contribution is -2.47. The summed E-state index contributed by atoms with van der Waals surface area (Å²) in [5.41, 5.74) is -0.335. The van der Waals surface area contributed by atoms with Crippen LogP contribution in [-0.4, -0.2) is 55.8 Å². The molecule has 2 heterocycles. The van der Waals surface area contributed by atoms with Crippen molar-refractivity contribution >= 4 is 23.5 Å². The van der Waals surface area contributed by atoms with Crippen LogP contribution >= 0.6 is 0 Å². The lowest BCUT2D eigenvalue weighted by Gasteiger charge is -2.33. The summed E-state index contributed by atoms with van der Waals surface area (Å²) < 4.78 is 10.6. The van der Waals surface area contributed by atoms with E-state index in [-0.39, 0.29) is 37.9 Å². The third kappa shape index (κ3) is 3.80. The highest BCUT2D eigenvalue weighted by atomic mass is 16.5. The lowest BCUT2D eigenvalue weighted by molar-refractivity contribution is -0.154. The minimum Gasteiger partial charge on any atom is -0.482 e. The van der Waals surface area contributed by atoms with Gasteiger partial charge in [0.15, 0.2) is 6.61 Å². The molecule has 0 spiro atoms. The van der Waals surface area contributed by atoms with Gasteiger partial charge in [-0.15, -0.1) is 0 Å². The topological polar surface area (TPSA) is 105 Å². The fourth-order valence-corrected chi connectivity index (χ4v) is 3.20. The van der Waals surface area contributed by atoms with Crippen molar-refractivity contribution < 1.29 is 29.0 Å². The number of carboxylic acid groups (broad SMARTS) is 1. The first-order valence-electron chi connectivity index (χ1n) is 8.62. The highest BCUT2D eigenvalue weighted by Gasteiger charge is 2.40. The molecule has 1 fully saturated rings. The first-order valence-corrected chi connectivity index (χ1v) is 8.62. The van der Waals surface area contributed by atoms with Crippen LogP contribution in [0.2, 0.25) is 0 Å². The SMILES string of the molecule is O=C(CCN1C(=O)COc2ccccc21)NCC1(C(=O)O)CCOCC1. The molecule has 3 rings (SSSR count). The lowest BCUT2D eigenvalue weighted by atomic mass is 9.80. The van der Waals surface area contributed by atoms with Gasteiger partial charge in [-0.1, -0.05) is 12.1 Å². The molecule has 8 nitrogen and oxygen atoms in total. The Morgan fingerprint density at radius 3 is 2.69 bits per heavy atom. The normalized spacial score (nSPS) is 18.6. The maximum Gasteiger partial charge on any atom is 0.311 e. The number of amides is 2. The third-order valence-electron chi connectivity index (χ3n) is 4.90. The van der Waals surface area contributed by atoms with E-state index in [0.717, 1.165) is 0 Å². The fraction of sp³-hybridized carbons (Fsp3) is 0.500. The smallest absolute Gasteiger partial charge is 0.311 e. The van der Waals surface area contributed by atoms with Gasteiger partial charge in [0.2, 0.25) is 5.91 Å². The predicted octanol–water partition coefficient (Wildman–Crippen LogP) is 0.800. The van der Waals surface area contributed by atoms with E-state index in [4.69, 9.17) is 9.47 Å². The number of carboxylic acids is 1. The Bertz CT molecular complexity index is 699. The molecule has 2 aliphatic heterocycles. The number of anilines is 1. The number of hydrogen-bond acceptors (Lipinski definition) is 5. The van der Waals surface area contributed by atoms with Gasteiger partial charge in [0.25, 0.3) is 5.91 Å². The first-order chi connectivity index (χ1) is 12.5. The van der Waals surface area contributed by atoms with E-state index in [9.17, 15) is 19.5 Å². The number of benzene rings is 1. The van der Waals surface area contributed by atoms with Gasteiger partial charge in [0, 0.05) is 32.7 Å². The Labute approximate surface area is 151 Å². The second-order valence-electron chi connectivity index (χ2n) is 6.53. The minimum absolute atomic E-state index is 0.0548. The molecular formula is C18H22N2O6. The fourth-order valence-electron chi connectivity index (χ4n) is 3.20. The Kier molecular flexibility index (Phi) is 5.41. The zero-order valence-corrected chi connectivity index (χ0v) is 14.4. The van der Waals surface area contributed by atoms with Crippen LogP contribution < -0.4 is 15.0 Å². The molecule has 26 heavy (non-hydrogen) atoms. The Hall–Kier alpha value is -2.61. The molecule has 140 valence electrons. The van der Waals surface area contributed by atoms with E-state index in [0.29, 0.717) is 37.5 Å². The largest absolute Gasteiger partial charge is 0.482 e. The van der Waals surface area contributed by atoms with Crippen molar-refractivity contribution in [3.05, 3.63) is 24.3 Å². The molecular weight excluding hydrogens is 340 g/mol. The summed E-state index contributed by atoms with van der Waals surface area (Å²) in [5.74, 6) is -0.797. The molecule has 1 saturated heterocycles. The number of hydrogen-bond donors (Lipinski definition) is 2. The summed E-state index contributed by atoms with van der Waals surface area (Å²) in [7, 11) is 0. The zero-order chi connectivity index (χ0) is 18.6. The summed E-state index contributed by atoms with van der Waals surface area (Å²) in [5, 5.41) is 12.2. The molecule has 0 bridgehead atoms. The summed E-state index contributed by atoms with van der Waals surface area (Å²) in [4.78, 5) is 37.4. The Morgan fingerprint density at radius 2 is 1.96 bits per heavy atom. The molecule has 8 heteroatoms. The molecule has 0 unspecified atom stereocenters. The van der Waals surface area contributed by atoms with Gasteiger partial charge in [-0.05, 0) is 25.0 Å². The van der Waals surface area contributed by atoms with Crippen LogP contribution in [0.4, 0.5) is 5.69 Å². The van der Waals surface area contributed by atoms with Gasteiger partial charge >= 0.3 is 5.97 Å². The molecule has 0 saturated carbocycles. The van der Waals surface area contributed by atoms with Crippen molar-refractivity contribution in [1.29, 1.82) is 0 Å². The molecule has 0 atom stereocenters. The van der Waals surface area contributed by atoms with E-state index < -0.39 is 11.4 Å². The number of carbonyl (C=O) groups is 3. The Morgan fingerprint density at radius 1 is 1.23 bits per heavy atom. The number of ether oxygens (including phenoxy) is 2. The van der Waals surface area contributed by atoms with Crippen LogP contribution in [-0.2, 0) is 19.1 Å². The molecule has 2 aliphatic rings. The number of fused-ring (bicyclic) bond motifs is 1. The van der Waals surface area contributed by atoms with Gasteiger partial charge in [0.05, 0.1) is 11.1 Å². The van der Waals surface area contributed by atoms with Gasteiger partial charge in [-0.25, -0.2) is 0 Å². The van der Waals surface area contributed by atoms with Gasteiger partial charge in [0.1, 0.15) is 5.75 Å². The predicted molar refractivity (Wildman–Crippen MR) is 92.0 cm³/mol. The standard InChI is InChI=1S/C18H22N2O6/c21-15(19-12-18(17(23)24)6-9-25-10-7-18)5-8-20-13-3-1-2-4-14(13)26-11-16(20)22/h1-4H,5-12H2,(H,19,21)(H,23,24). The Balaban J connectivity index is 1.56. The number of aliphatic carboxylic acids is 1. The number of rotatable bonds is 6. The van der Waals surface area contributed by atoms with Crippen molar-refractivity contribution in [1.82, 2.24) is 5.32 Å². The van der Waals surface area contributed by atoms with Crippen LogP contribution in [0.1, 0.15) is 19.3 Å². The number of para-hydroxylation sites is 2. The molecule has 0 aromatic heterocycles. The first kappa shape index (κ1) is 18.2. The van der Waals surface area contributed by atoms with Gasteiger partial charge in [-0.3, -0.25) is 14.4 Å². The second-order valence-corrected chi connectivity index (χ2v) is 6.53. The van der Waals surface area contributed by atoms with Crippen LogP contribution in [0.15, 0.2) is 24.3 Å². The summed E-state index contributed by atoms with van der Waals surface area (Å²) >= 11 is 0. The molecule has 1 aromatic rings. The van der Waals surface area contributed by atoms with E-state index >= 15 is 0 Å². The monoisotopic (exact) mass is 362 g/mol. The third-order valence-corrected chi connectivity index (χ3v) is 4.90. The number of nitrogens with one attached hydrogen (secondary N) is 1. The van der Waals surface area contributed by atoms with E-state index in [1.54, 1.807) is 18.2 Å². The zero-order valence-electron chi connectivity index (χ0n) is 14.4. The van der Waals surface area contributed by atoms with Gasteiger partial charge in [-0.2, -0.15) is 0 Å². The molecule has 0 radical (unpaired) electrons. The van der Waals surface area contributed by atoms with Crippen molar-refractivity contribution in [2.24, 2.45) is 5.41 Å². The number of nitrogens with zero attached hydrogens (tertiary/aromatic N) is 1. The van der Waals surface area contributed by atoms with Crippen molar-refractivity contribution in [2.75, 3.05) is 37.8 Å². The summed E-state index contributed by atoms with van der Waals surface area (Å²) in [6.07, 6.45) is 0.835. The highest BCUT2D eigenvalue weighted by molar-refractivity contribution is 5.98. The van der Waals surface area contributed by atoms with E-state index in [2.05, 4.69) is 5.32 Å². The summed E-state index contributed by atoms with van der Waals surface area (Å²) in [6.45, 7) is 0.982. The van der Waals surface area contributed by atoms with Crippen LogP contribution in [0.25, 0.3) is 0 Å². The molecule has 2 amide bonds. The van der Waals surface area contributed by atoms with Crippen molar-refractivity contribution in [2.45, 2.75) is 19.3 Å². The summed E-state index contributed by atoms with van der Waals surface area (Å²) in [6, 6.07) is 7.16. The number of carbonyl (C=O) groups excluding carboxylic acids is 2. The van der Waals surface area contributed by atoms with Crippen molar-refractivity contribution in [3.8, 4) is 5.75 Å². The molecule has 2 N–H and O–H groups in total. The quantitative estimate of drug-likeness (QED) is 0.776.